The number of hydrogen-bond donors (Lipinski definition) is 0. The number of ether oxygens (including phenoxy) is 1. The third kappa shape index (κ3) is 4.57. The molecule has 0 saturated heterocycles. The van der Waals surface area contributed by atoms with E-state index < -0.39 is 5.97 Å². The Morgan fingerprint density at radius 3 is 2.15 bits per heavy atom. The number of hydrogen-bond acceptors (Lipinski definition) is 3. The monoisotopic (exact) mass is 269 g/mol. The minimum Gasteiger partial charge on any atom is -0.623 e. The van der Waals surface area contributed by atoms with Crippen LogP contribution in [0.4, 0.5) is 0 Å². The first kappa shape index (κ1) is 13.8. The van der Waals surface area contributed by atoms with Gasteiger partial charge < -0.3 is 9.94 Å². The van der Waals surface area contributed by atoms with E-state index in [4.69, 9.17) is 4.74 Å². The van der Waals surface area contributed by atoms with E-state index in [1.165, 1.54) is 0 Å². The number of benzene rings is 2. The van der Waals surface area contributed by atoms with E-state index in [0.717, 1.165) is 17.3 Å². The summed E-state index contributed by atoms with van der Waals surface area (Å²) in [6.45, 7) is 0.288. The first-order valence-corrected chi connectivity index (χ1v) is 6.27. The molecular weight excluding hydrogens is 254 g/mol. The quantitative estimate of drug-likeness (QED) is 0.275. The molecule has 2 aromatic rings. The molecule has 2 aromatic carbocycles. The number of hydroxylamine groups is 1. The first-order valence-electron chi connectivity index (χ1n) is 6.27. The van der Waals surface area contributed by atoms with Crippen LogP contribution in [0.2, 0.25) is 0 Å². The maximum Gasteiger partial charge on any atom is 0.396 e. The van der Waals surface area contributed by atoms with E-state index in [1.807, 2.05) is 60.7 Å². The average molecular weight is 269 g/mol. The predicted octanol–water partition coefficient (Wildman–Crippen LogP) is 2.51. The standard InChI is InChI=1S/C16H15NO3/c18-16(20-13-15-9-5-2-6-10-15)12-17(19)11-14-7-3-1-4-8-14/h1-10,12H,11,13H2/b17-12-. The summed E-state index contributed by atoms with van der Waals surface area (Å²) in [5, 5.41) is 11.6. The molecule has 0 aliphatic rings. The van der Waals surface area contributed by atoms with E-state index in [1.54, 1.807) is 0 Å². The number of carbonyl (C=O) groups excluding carboxylic acids is 1. The molecule has 0 fully saturated rings. The van der Waals surface area contributed by atoms with Crippen molar-refractivity contribution in [3.8, 4) is 0 Å². The van der Waals surface area contributed by atoms with Crippen molar-refractivity contribution in [3.05, 3.63) is 77.0 Å². The highest BCUT2D eigenvalue weighted by atomic mass is 16.5. The van der Waals surface area contributed by atoms with E-state index in [9.17, 15) is 10.0 Å². The minimum absolute atomic E-state index is 0.126. The Morgan fingerprint density at radius 1 is 1.00 bits per heavy atom. The van der Waals surface area contributed by atoms with Crippen LogP contribution in [0.3, 0.4) is 0 Å². The molecule has 4 nitrogen and oxygen atoms in total. The van der Waals surface area contributed by atoms with Gasteiger partial charge in [-0.15, -0.1) is 0 Å². The fraction of sp³-hybridized carbons (Fsp3) is 0.125. The van der Waals surface area contributed by atoms with Crippen molar-refractivity contribution in [2.45, 2.75) is 13.2 Å². The van der Waals surface area contributed by atoms with Crippen LogP contribution in [-0.4, -0.2) is 16.9 Å². The van der Waals surface area contributed by atoms with Crippen LogP contribution in [0.25, 0.3) is 0 Å². The lowest BCUT2D eigenvalue weighted by Crippen LogP contribution is -2.14. The first-order chi connectivity index (χ1) is 9.74. The van der Waals surface area contributed by atoms with Crippen LogP contribution in [0.1, 0.15) is 11.1 Å². The van der Waals surface area contributed by atoms with Gasteiger partial charge in [0.1, 0.15) is 6.61 Å². The Balaban J connectivity index is 1.85. The molecule has 20 heavy (non-hydrogen) atoms. The molecule has 0 heterocycles. The zero-order valence-corrected chi connectivity index (χ0v) is 10.9. The van der Waals surface area contributed by atoms with Gasteiger partial charge in [0.25, 0.3) is 6.21 Å². The maximum absolute atomic E-state index is 11.6. The summed E-state index contributed by atoms with van der Waals surface area (Å²) < 4.78 is 5.57. The molecule has 0 aliphatic carbocycles. The summed E-state index contributed by atoms with van der Waals surface area (Å²) in [7, 11) is 0. The Bertz CT molecular complexity index is 579. The van der Waals surface area contributed by atoms with E-state index >= 15 is 0 Å². The van der Waals surface area contributed by atoms with Crippen molar-refractivity contribution in [1.29, 1.82) is 0 Å². The third-order valence-electron chi connectivity index (χ3n) is 2.65. The fourth-order valence-electron chi connectivity index (χ4n) is 1.69. The van der Waals surface area contributed by atoms with Crippen molar-refractivity contribution in [1.82, 2.24) is 0 Å². The van der Waals surface area contributed by atoms with Crippen LogP contribution in [0, 0.1) is 5.21 Å². The summed E-state index contributed by atoms with van der Waals surface area (Å²) >= 11 is 0. The zero-order chi connectivity index (χ0) is 14.2. The van der Waals surface area contributed by atoms with Crippen LogP contribution >= 0.6 is 0 Å². The second-order valence-corrected chi connectivity index (χ2v) is 4.28. The summed E-state index contributed by atoms with van der Waals surface area (Å²) in [6, 6.07) is 18.5. The van der Waals surface area contributed by atoms with E-state index in [-0.39, 0.29) is 13.2 Å². The van der Waals surface area contributed by atoms with Gasteiger partial charge in [-0.2, -0.15) is 0 Å². The Hall–Kier alpha value is -2.62. The van der Waals surface area contributed by atoms with Gasteiger partial charge >= 0.3 is 5.97 Å². The van der Waals surface area contributed by atoms with Crippen molar-refractivity contribution < 1.29 is 14.3 Å². The molecule has 0 spiro atoms. The largest absolute Gasteiger partial charge is 0.623 e. The van der Waals surface area contributed by atoms with E-state index in [0.29, 0.717) is 4.74 Å². The highest BCUT2D eigenvalue weighted by Crippen LogP contribution is 2.01. The van der Waals surface area contributed by atoms with Gasteiger partial charge in [-0.3, -0.25) is 0 Å². The Morgan fingerprint density at radius 2 is 1.55 bits per heavy atom. The lowest BCUT2D eigenvalue weighted by Gasteiger charge is -2.04. The second kappa shape index (κ2) is 7.09. The summed E-state index contributed by atoms with van der Waals surface area (Å²) in [5.74, 6) is -0.639. The van der Waals surface area contributed by atoms with Gasteiger partial charge in [-0.25, -0.2) is 9.53 Å². The smallest absolute Gasteiger partial charge is 0.396 e. The number of rotatable bonds is 5. The number of nitrogens with zero attached hydrogens (tertiary/aromatic N) is 1. The normalized spacial score (nSPS) is 11.1. The second-order valence-electron chi connectivity index (χ2n) is 4.28. The van der Waals surface area contributed by atoms with Crippen LogP contribution in [0.5, 0.6) is 0 Å². The third-order valence-corrected chi connectivity index (χ3v) is 2.65. The summed E-state index contributed by atoms with van der Waals surface area (Å²) in [6.07, 6.45) is 0.927. The molecule has 2 rings (SSSR count). The molecule has 102 valence electrons. The van der Waals surface area contributed by atoms with Crippen LogP contribution in [0.15, 0.2) is 60.7 Å². The molecule has 0 atom stereocenters. The van der Waals surface area contributed by atoms with Gasteiger partial charge in [0.15, 0.2) is 6.54 Å². The molecule has 0 aliphatic heterocycles. The molecule has 0 aromatic heterocycles. The average Bonchev–Trinajstić information content (AvgIpc) is 2.47. The summed E-state index contributed by atoms with van der Waals surface area (Å²) in [4.78, 5) is 11.5. The SMILES string of the molecule is O=C(/C=[N+](\[O-])Cc1ccccc1)OCc1ccccc1. The van der Waals surface area contributed by atoms with Gasteiger partial charge in [0, 0.05) is 5.56 Å². The maximum atomic E-state index is 11.6. The molecule has 0 bridgehead atoms. The molecule has 4 heteroatoms. The van der Waals surface area contributed by atoms with Crippen LogP contribution < -0.4 is 0 Å². The molecule has 0 N–H and O–H groups in total. The Kier molecular flexibility index (Phi) is 4.89. The predicted molar refractivity (Wildman–Crippen MR) is 76.1 cm³/mol. The highest BCUT2D eigenvalue weighted by molar-refractivity contribution is 6.20. The van der Waals surface area contributed by atoms with Gasteiger partial charge in [-0.1, -0.05) is 60.7 Å². The van der Waals surface area contributed by atoms with Crippen molar-refractivity contribution in [2.75, 3.05) is 0 Å². The van der Waals surface area contributed by atoms with Crippen LogP contribution in [-0.2, 0) is 22.7 Å². The molecule has 0 saturated carbocycles. The Labute approximate surface area is 117 Å². The van der Waals surface area contributed by atoms with E-state index in [2.05, 4.69) is 0 Å². The van der Waals surface area contributed by atoms with Gasteiger partial charge in [-0.05, 0) is 5.56 Å². The zero-order valence-electron chi connectivity index (χ0n) is 10.9. The molecular formula is C16H15NO3. The lowest BCUT2D eigenvalue weighted by molar-refractivity contribution is -0.469. The fourth-order valence-corrected chi connectivity index (χ4v) is 1.69. The van der Waals surface area contributed by atoms with Gasteiger partial charge in [0.2, 0.25) is 0 Å². The van der Waals surface area contributed by atoms with Crippen molar-refractivity contribution in [3.63, 3.8) is 0 Å². The lowest BCUT2D eigenvalue weighted by atomic mass is 10.2. The molecule has 0 amide bonds. The van der Waals surface area contributed by atoms with Gasteiger partial charge in [0.05, 0.1) is 0 Å². The highest BCUT2D eigenvalue weighted by Gasteiger charge is 2.06. The topological polar surface area (TPSA) is 52.4 Å². The number of esters is 1. The minimum atomic E-state index is -0.639. The number of carbonyl (C=O) groups is 1. The summed E-state index contributed by atoms with van der Waals surface area (Å²) in [5.41, 5.74) is 1.73. The molecule has 0 radical (unpaired) electrons. The van der Waals surface area contributed by atoms with Crippen molar-refractivity contribution in [2.24, 2.45) is 0 Å². The van der Waals surface area contributed by atoms with Crippen molar-refractivity contribution >= 4 is 12.2 Å². The molecule has 0 unspecified atom stereocenters.